The molecule has 0 unspecified atom stereocenters. The maximum Gasteiger partial charge on any atom is 0.261 e. The van der Waals surface area contributed by atoms with Gasteiger partial charge in [0.05, 0.1) is 16.6 Å². The first kappa shape index (κ1) is 18.7. The summed E-state index contributed by atoms with van der Waals surface area (Å²) < 4.78 is 17.9. The highest BCUT2D eigenvalue weighted by Gasteiger charge is 2.27. The molecular formula is C18H25N3O2S. The third-order valence-electron chi connectivity index (χ3n) is 3.87. The van der Waals surface area contributed by atoms with E-state index < -0.39 is 16.1 Å². The van der Waals surface area contributed by atoms with Crippen molar-refractivity contribution in [2.24, 2.45) is 11.4 Å². The van der Waals surface area contributed by atoms with Gasteiger partial charge in [-0.05, 0) is 52.3 Å². The van der Waals surface area contributed by atoms with Crippen molar-refractivity contribution in [3.63, 3.8) is 0 Å². The number of fused-ring (bicyclic) bond motifs is 1. The van der Waals surface area contributed by atoms with Crippen molar-refractivity contribution in [2.45, 2.75) is 52.7 Å². The van der Waals surface area contributed by atoms with E-state index in [9.17, 15) is 9.35 Å². The van der Waals surface area contributed by atoms with Crippen molar-refractivity contribution < 1.29 is 4.55 Å². The van der Waals surface area contributed by atoms with Crippen LogP contribution in [0.4, 0.5) is 0 Å². The molecule has 1 heterocycles. The molecule has 0 saturated carbocycles. The van der Waals surface area contributed by atoms with Crippen molar-refractivity contribution in [1.29, 1.82) is 0 Å². The van der Waals surface area contributed by atoms with Crippen LogP contribution in [0.2, 0.25) is 0 Å². The number of nitrogens with zero attached hydrogens (tertiary/aromatic N) is 3. The Balaban J connectivity index is 2.77. The van der Waals surface area contributed by atoms with Gasteiger partial charge in [0.2, 0.25) is 0 Å². The highest BCUT2D eigenvalue weighted by atomic mass is 32.2. The molecule has 130 valence electrons. The van der Waals surface area contributed by atoms with E-state index in [1.54, 1.807) is 11.6 Å². The second kappa shape index (κ2) is 6.69. The standard InChI is InChI=1S/C18H25N3O2S/c1-8-15-19-16-13(12(3)20-24(23)18(4,5)6)9-11(2)10-14(16)17(22)21(15)7/h9-10H,8H2,1-7H3/b20-12-/t24-/m1/s1. The number of rotatable bonds is 3. The van der Waals surface area contributed by atoms with Gasteiger partial charge in [-0.15, -0.1) is 0 Å². The molecule has 6 heteroatoms. The highest BCUT2D eigenvalue weighted by molar-refractivity contribution is 7.91. The van der Waals surface area contributed by atoms with Crippen LogP contribution in [0, 0.1) is 6.92 Å². The molecule has 2 rings (SSSR count). The maximum atomic E-state index is 12.6. The molecule has 0 fully saturated rings. The van der Waals surface area contributed by atoms with Crippen LogP contribution in [0.3, 0.4) is 0 Å². The molecule has 24 heavy (non-hydrogen) atoms. The summed E-state index contributed by atoms with van der Waals surface area (Å²) in [4.78, 5) is 17.3. The molecule has 5 nitrogen and oxygen atoms in total. The lowest BCUT2D eigenvalue weighted by molar-refractivity contribution is 0.561. The predicted octanol–water partition coefficient (Wildman–Crippen LogP) is 3.08. The normalized spacial score (nSPS) is 14.2. The highest BCUT2D eigenvalue weighted by Crippen LogP contribution is 2.22. The van der Waals surface area contributed by atoms with Gasteiger partial charge in [-0.1, -0.05) is 11.3 Å². The molecular weight excluding hydrogens is 322 g/mol. The Labute approximate surface area is 146 Å². The van der Waals surface area contributed by atoms with Gasteiger partial charge in [-0.2, -0.15) is 0 Å². The van der Waals surface area contributed by atoms with E-state index in [2.05, 4.69) is 9.38 Å². The molecule has 0 amide bonds. The van der Waals surface area contributed by atoms with E-state index >= 15 is 0 Å². The molecule has 0 aliphatic heterocycles. The summed E-state index contributed by atoms with van der Waals surface area (Å²) in [5, 5.41) is 0.570. The van der Waals surface area contributed by atoms with E-state index in [1.165, 1.54) is 0 Å². The average molecular weight is 347 g/mol. The molecule has 0 aliphatic rings. The van der Waals surface area contributed by atoms with E-state index in [-0.39, 0.29) is 5.56 Å². The van der Waals surface area contributed by atoms with Crippen LogP contribution in [0.1, 0.15) is 51.6 Å². The summed E-state index contributed by atoms with van der Waals surface area (Å²) in [6.07, 6.45) is 0.666. The van der Waals surface area contributed by atoms with Gasteiger partial charge in [0.25, 0.3) is 5.56 Å². The first-order chi connectivity index (χ1) is 11.1. The quantitative estimate of drug-likeness (QED) is 0.633. The minimum absolute atomic E-state index is 0.0634. The third-order valence-corrected chi connectivity index (χ3v) is 5.35. The fourth-order valence-corrected chi connectivity index (χ4v) is 3.09. The van der Waals surface area contributed by atoms with Crippen molar-refractivity contribution >= 4 is 28.0 Å². The first-order valence-corrected chi connectivity index (χ1v) is 9.14. The van der Waals surface area contributed by atoms with Crippen LogP contribution in [0.15, 0.2) is 21.3 Å². The smallest absolute Gasteiger partial charge is 0.261 e. The molecule has 0 aliphatic carbocycles. The number of hydrogen-bond acceptors (Lipinski definition) is 4. The Morgan fingerprint density at radius 3 is 2.54 bits per heavy atom. The lowest BCUT2D eigenvalue weighted by Gasteiger charge is -2.19. The molecule has 0 N–H and O–H groups in total. The van der Waals surface area contributed by atoms with Crippen LogP contribution in [0.5, 0.6) is 0 Å². The molecule has 2 aromatic rings. The zero-order chi connectivity index (χ0) is 18.2. The van der Waals surface area contributed by atoms with Crippen LogP contribution in [-0.2, 0) is 24.8 Å². The zero-order valence-corrected chi connectivity index (χ0v) is 16.2. The minimum atomic E-state index is -1.36. The summed E-state index contributed by atoms with van der Waals surface area (Å²) >= 11 is -1.36. The fourth-order valence-electron chi connectivity index (χ4n) is 2.47. The second-order valence-electron chi connectivity index (χ2n) is 6.99. The van der Waals surface area contributed by atoms with Gasteiger partial charge in [0.15, 0.2) is 0 Å². The van der Waals surface area contributed by atoms with Crippen LogP contribution in [-0.4, -0.2) is 24.6 Å². The van der Waals surface area contributed by atoms with Gasteiger partial charge in [-0.25, -0.2) is 4.98 Å². The SMILES string of the molecule is CCc1nc2c(/C(C)=N\[S@+]([O-])C(C)(C)C)cc(C)cc2c(=O)n1C. The summed E-state index contributed by atoms with van der Waals surface area (Å²) in [6, 6.07) is 3.80. The Morgan fingerprint density at radius 1 is 1.38 bits per heavy atom. The fraction of sp³-hybridized carbons (Fsp3) is 0.500. The molecule has 0 spiro atoms. The Bertz CT molecular complexity index is 863. The van der Waals surface area contributed by atoms with Crippen LogP contribution in [0.25, 0.3) is 10.9 Å². The Hall–Kier alpha value is -1.66. The van der Waals surface area contributed by atoms with Gasteiger partial charge >= 0.3 is 0 Å². The topological polar surface area (TPSA) is 70.3 Å². The molecule has 1 aromatic heterocycles. The molecule has 1 aromatic carbocycles. The first-order valence-electron chi connectivity index (χ1n) is 8.04. The largest absolute Gasteiger partial charge is 0.591 e. The monoisotopic (exact) mass is 347 g/mol. The van der Waals surface area contributed by atoms with Crippen molar-refractivity contribution in [2.75, 3.05) is 0 Å². The lowest BCUT2D eigenvalue weighted by atomic mass is 10.0. The number of benzene rings is 1. The Morgan fingerprint density at radius 2 is 2.00 bits per heavy atom. The Kier molecular flexibility index (Phi) is 5.20. The number of aryl methyl sites for hydroxylation is 2. The van der Waals surface area contributed by atoms with E-state index in [4.69, 9.17) is 0 Å². The van der Waals surface area contributed by atoms with Gasteiger partial charge in [0, 0.05) is 19.0 Å². The van der Waals surface area contributed by atoms with Crippen LogP contribution >= 0.6 is 0 Å². The van der Waals surface area contributed by atoms with E-state index in [1.807, 2.05) is 53.7 Å². The number of aromatic nitrogens is 2. The lowest BCUT2D eigenvalue weighted by Crippen LogP contribution is -2.27. The van der Waals surface area contributed by atoms with Crippen molar-refractivity contribution in [3.8, 4) is 0 Å². The summed E-state index contributed by atoms with van der Waals surface area (Å²) in [6.45, 7) is 11.4. The molecule has 0 radical (unpaired) electrons. The molecule has 1 atom stereocenters. The summed E-state index contributed by atoms with van der Waals surface area (Å²) in [5.74, 6) is 0.724. The minimum Gasteiger partial charge on any atom is -0.591 e. The van der Waals surface area contributed by atoms with Crippen LogP contribution < -0.4 is 5.56 Å². The van der Waals surface area contributed by atoms with Gasteiger partial charge < -0.3 is 4.55 Å². The molecule has 0 bridgehead atoms. The third kappa shape index (κ3) is 3.54. The van der Waals surface area contributed by atoms with Crippen molar-refractivity contribution in [1.82, 2.24) is 9.55 Å². The molecule has 0 saturated heterocycles. The van der Waals surface area contributed by atoms with Gasteiger partial charge in [-0.3, -0.25) is 9.36 Å². The summed E-state index contributed by atoms with van der Waals surface area (Å²) in [5.41, 5.74) is 2.94. The predicted molar refractivity (Wildman–Crippen MR) is 101 cm³/mol. The number of hydrogen-bond donors (Lipinski definition) is 0. The zero-order valence-electron chi connectivity index (χ0n) is 15.4. The average Bonchev–Trinajstić information content (AvgIpc) is 2.49. The van der Waals surface area contributed by atoms with E-state index in [0.717, 1.165) is 17.0 Å². The maximum absolute atomic E-state index is 12.6. The second-order valence-corrected chi connectivity index (χ2v) is 8.90. The van der Waals surface area contributed by atoms with Gasteiger partial charge in [0.1, 0.15) is 21.9 Å². The van der Waals surface area contributed by atoms with Crippen molar-refractivity contribution in [3.05, 3.63) is 39.4 Å². The summed E-state index contributed by atoms with van der Waals surface area (Å²) in [7, 11) is 1.74. The van der Waals surface area contributed by atoms with E-state index in [0.29, 0.717) is 23.0 Å².